The lowest BCUT2D eigenvalue weighted by molar-refractivity contribution is 0.474. The Bertz CT molecular complexity index is 2620. The van der Waals surface area contributed by atoms with E-state index in [1.165, 1.54) is 23.5 Å². The van der Waals surface area contributed by atoms with Crippen molar-refractivity contribution in [3.63, 3.8) is 0 Å². The van der Waals surface area contributed by atoms with Crippen LogP contribution < -0.4 is 0 Å². The number of rotatable bonds is 8. The maximum atomic E-state index is 12.9. The van der Waals surface area contributed by atoms with Crippen LogP contribution in [0.25, 0.3) is 59.0 Å². The van der Waals surface area contributed by atoms with Crippen LogP contribution >= 0.6 is 34.0 Å². The molecule has 296 valence electrons. The van der Waals surface area contributed by atoms with Gasteiger partial charge in [0.1, 0.15) is 38.1 Å². The topological polar surface area (TPSA) is 99.4 Å². The van der Waals surface area contributed by atoms with Gasteiger partial charge in [-0.3, -0.25) is 0 Å². The van der Waals surface area contributed by atoms with E-state index < -0.39 is 0 Å². The van der Waals surface area contributed by atoms with E-state index in [-0.39, 0.29) is 22.7 Å². The number of phenolic OH excluding ortho intramolecular Hbond substituents is 3. The second-order valence-electron chi connectivity index (χ2n) is 14.1. The number of hydrogen-bond acceptors (Lipinski definition) is 9. The molecule has 3 N–H and O–H groups in total. The van der Waals surface area contributed by atoms with Gasteiger partial charge in [-0.05, 0) is 90.0 Å². The molecule has 0 amide bonds. The minimum Gasteiger partial charge on any atom is -0.508 e. The fourth-order valence-corrected chi connectivity index (χ4v) is 7.60. The molecule has 0 saturated heterocycles. The van der Waals surface area contributed by atoms with Gasteiger partial charge in [-0.15, -0.1) is 34.0 Å². The van der Waals surface area contributed by atoms with Crippen molar-refractivity contribution in [1.82, 2.24) is 15.0 Å². The van der Waals surface area contributed by atoms with Crippen molar-refractivity contribution in [2.24, 2.45) is 0 Å². The highest BCUT2D eigenvalue weighted by atomic mass is 32.1. The maximum Gasteiger partial charge on any atom is 0.123 e. The first-order valence-corrected chi connectivity index (χ1v) is 21.2. The second-order valence-corrected chi connectivity index (χ2v) is 16.7. The van der Waals surface area contributed by atoms with Gasteiger partial charge in [0.05, 0.1) is 17.1 Å². The smallest absolute Gasteiger partial charge is 0.123 e. The summed E-state index contributed by atoms with van der Waals surface area (Å²) < 4.78 is 12.9. The average molecular weight is 836 g/mol. The van der Waals surface area contributed by atoms with Crippen LogP contribution in [0.4, 0.5) is 4.39 Å². The van der Waals surface area contributed by atoms with Crippen LogP contribution in [0.5, 0.6) is 17.2 Å². The van der Waals surface area contributed by atoms with Gasteiger partial charge < -0.3 is 15.3 Å². The van der Waals surface area contributed by atoms with Crippen LogP contribution in [0.1, 0.15) is 58.2 Å². The highest BCUT2D eigenvalue weighted by Crippen LogP contribution is 2.27. The van der Waals surface area contributed by atoms with Gasteiger partial charge in [-0.25, -0.2) is 19.3 Å². The molecule has 0 saturated carbocycles. The molecule has 3 aromatic heterocycles. The van der Waals surface area contributed by atoms with Gasteiger partial charge in [-0.2, -0.15) is 0 Å². The van der Waals surface area contributed by atoms with E-state index in [9.17, 15) is 19.7 Å². The fourth-order valence-electron chi connectivity index (χ4n) is 5.23. The highest BCUT2D eigenvalue weighted by Gasteiger charge is 2.16. The minimum atomic E-state index is -0.249. The van der Waals surface area contributed by atoms with E-state index in [0.29, 0.717) is 5.75 Å². The molecular formula is C49H42FN3O3S3. The van der Waals surface area contributed by atoms with Gasteiger partial charge in [-0.1, -0.05) is 106 Å². The molecule has 0 spiro atoms. The van der Waals surface area contributed by atoms with Crippen LogP contribution in [0, 0.1) is 5.82 Å². The monoisotopic (exact) mass is 835 g/mol. The lowest BCUT2D eigenvalue weighted by Crippen LogP contribution is -2.11. The quantitative estimate of drug-likeness (QED) is 0.141. The van der Waals surface area contributed by atoms with Crippen molar-refractivity contribution in [1.29, 1.82) is 0 Å². The van der Waals surface area contributed by atoms with Crippen molar-refractivity contribution in [2.75, 3.05) is 0 Å². The Morgan fingerprint density at radius 2 is 0.932 bits per heavy atom. The summed E-state index contributed by atoms with van der Waals surface area (Å²) in [4.78, 5) is 13.7. The molecule has 0 atom stereocenters. The molecule has 0 aliphatic carbocycles. The molecular weight excluding hydrogens is 794 g/mol. The molecule has 5 aromatic carbocycles. The second kappa shape index (κ2) is 20.3. The summed E-state index contributed by atoms with van der Waals surface area (Å²) in [6.07, 6.45) is 11.7. The van der Waals surface area contributed by atoms with Crippen LogP contribution in [-0.4, -0.2) is 30.3 Å². The third kappa shape index (κ3) is 13.0. The zero-order valence-corrected chi connectivity index (χ0v) is 35.1. The average Bonchev–Trinajstić information content (AvgIpc) is 4.04. The Morgan fingerprint density at radius 1 is 0.475 bits per heavy atom. The van der Waals surface area contributed by atoms with Gasteiger partial charge >= 0.3 is 0 Å². The molecule has 10 heteroatoms. The summed E-state index contributed by atoms with van der Waals surface area (Å²) in [6.45, 7) is 6.45. The first-order chi connectivity index (χ1) is 28.5. The minimum absolute atomic E-state index is 0.0808. The highest BCUT2D eigenvalue weighted by molar-refractivity contribution is 7.11. The lowest BCUT2D eigenvalue weighted by atomic mass is 9.93. The standard InChI is InChI=1S/C17H12FNOS.C17H13NOS.C15H17NOS/c18-14-6-4-13(5-7-14)16-11-21-17(19-16)10-3-12-1-8-15(20)9-2-12;19-15-9-6-13(7-10-15)8-11-17-18-16(12-20-17)14-4-2-1-3-5-14;1-15(2,3)13-10-18-14(16-13)9-8-11-6-4-5-7-12(11)17/h1-11,20H;1-12,19H;4-10,17H,1-3H3/b10-3+;11-8+;9-8+. The predicted octanol–water partition coefficient (Wildman–Crippen LogP) is 13.8. The zero-order valence-electron chi connectivity index (χ0n) is 32.6. The van der Waals surface area contributed by atoms with E-state index in [4.69, 9.17) is 0 Å². The number of benzene rings is 5. The zero-order chi connectivity index (χ0) is 41.6. The lowest BCUT2D eigenvalue weighted by Gasteiger charge is -2.13. The Labute approximate surface area is 356 Å². The van der Waals surface area contributed by atoms with Gasteiger partial charge in [0.2, 0.25) is 0 Å². The number of aromatic hydroxyl groups is 3. The first kappa shape index (κ1) is 42.2. The molecule has 0 aliphatic heterocycles. The van der Waals surface area contributed by atoms with Gasteiger partial charge in [0.25, 0.3) is 0 Å². The fraction of sp³-hybridized carbons (Fsp3) is 0.0816. The summed E-state index contributed by atoms with van der Waals surface area (Å²) in [6, 6.07) is 37.8. The maximum absolute atomic E-state index is 12.9. The normalized spacial score (nSPS) is 11.4. The summed E-state index contributed by atoms with van der Waals surface area (Å²) in [7, 11) is 0. The van der Waals surface area contributed by atoms with Gasteiger partial charge in [0.15, 0.2) is 0 Å². The number of aromatic nitrogens is 3. The van der Waals surface area contributed by atoms with Crippen molar-refractivity contribution < 1.29 is 19.7 Å². The van der Waals surface area contributed by atoms with E-state index in [1.54, 1.807) is 65.1 Å². The number of halogens is 1. The number of para-hydroxylation sites is 1. The van der Waals surface area contributed by atoms with Crippen molar-refractivity contribution >= 4 is 70.5 Å². The van der Waals surface area contributed by atoms with E-state index >= 15 is 0 Å². The Balaban J connectivity index is 0.000000149. The van der Waals surface area contributed by atoms with E-state index in [1.807, 2.05) is 102 Å². The number of nitrogens with zero attached hydrogens (tertiary/aromatic N) is 3. The van der Waals surface area contributed by atoms with Crippen molar-refractivity contribution in [2.45, 2.75) is 26.2 Å². The van der Waals surface area contributed by atoms with Gasteiger partial charge in [0, 0.05) is 38.2 Å². The SMILES string of the molecule is CC(C)(C)c1csc(/C=C/c2ccccc2O)n1.Oc1ccc(/C=C/c2nc(-c3ccc(F)cc3)cs2)cc1.Oc1ccc(/C=C/c2nc(-c3ccccc3)cs2)cc1. The van der Waals surface area contributed by atoms with Crippen molar-refractivity contribution in [3.05, 3.63) is 187 Å². The van der Waals surface area contributed by atoms with Crippen LogP contribution in [-0.2, 0) is 5.41 Å². The molecule has 0 bridgehead atoms. The first-order valence-electron chi connectivity index (χ1n) is 18.6. The summed E-state index contributed by atoms with van der Waals surface area (Å²) in [5, 5.41) is 37.0. The molecule has 8 rings (SSSR count). The molecule has 0 radical (unpaired) electrons. The van der Waals surface area contributed by atoms with E-state index in [0.717, 1.165) is 59.9 Å². The molecule has 0 unspecified atom stereocenters. The Morgan fingerprint density at radius 3 is 1.44 bits per heavy atom. The number of hydrogen-bond donors (Lipinski definition) is 3. The van der Waals surface area contributed by atoms with Crippen LogP contribution in [0.3, 0.4) is 0 Å². The van der Waals surface area contributed by atoms with Crippen molar-refractivity contribution in [3.8, 4) is 39.8 Å². The number of thiazole rings is 3. The number of phenols is 3. The molecule has 0 aliphatic rings. The molecule has 8 aromatic rings. The summed E-state index contributed by atoms with van der Waals surface area (Å²) in [5.74, 6) is 0.575. The molecule has 59 heavy (non-hydrogen) atoms. The molecule has 6 nitrogen and oxygen atoms in total. The molecule has 3 heterocycles. The van der Waals surface area contributed by atoms with Crippen LogP contribution in [0.15, 0.2) is 144 Å². The van der Waals surface area contributed by atoms with Crippen LogP contribution in [0.2, 0.25) is 0 Å². The Kier molecular flexibility index (Phi) is 14.5. The summed E-state index contributed by atoms with van der Waals surface area (Å²) >= 11 is 4.77. The third-order valence-corrected chi connectivity index (χ3v) is 10.9. The molecule has 0 fully saturated rings. The Hall–Kier alpha value is -6.46. The largest absolute Gasteiger partial charge is 0.508 e. The predicted molar refractivity (Wildman–Crippen MR) is 247 cm³/mol. The third-order valence-electron chi connectivity index (χ3n) is 8.51. The summed E-state index contributed by atoms with van der Waals surface area (Å²) in [5.41, 5.74) is 7.90. The van der Waals surface area contributed by atoms with E-state index in [2.05, 4.69) is 58.6 Å².